The highest BCUT2D eigenvalue weighted by Crippen LogP contribution is 2.33. The molecule has 1 amide bonds. The number of carbonyl (C=O) groups excluding carboxylic acids is 1. The van der Waals surface area contributed by atoms with Gasteiger partial charge in [0.25, 0.3) is 5.91 Å². The van der Waals surface area contributed by atoms with Crippen LogP contribution in [0.15, 0.2) is 65.1 Å². The molecule has 0 atom stereocenters. The monoisotopic (exact) mass is 400 g/mol. The first-order valence-electron chi connectivity index (χ1n) is 9.79. The van der Waals surface area contributed by atoms with Crippen molar-refractivity contribution in [1.29, 1.82) is 0 Å². The van der Waals surface area contributed by atoms with Crippen LogP contribution in [0.25, 0.3) is 22.6 Å². The van der Waals surface area contributed by atoms with Crippen molar-refractivity contribution >= 4 is 22.7 Å². The van der Waals surface area contributed by atoms with Gasteiger partial charge in [0.2, 0.25) is 12.7 Å². The highest BCUT2D eigenvalue weighted by molar-refractivity contribution is 6.04. The minimum absolute atomic E-state index is 0.177. The average Bonchev–Trinajstić information content (AvgIpc) is 3.39. The van der Waals surface area contributed by atoms with Gasteiger partial charge >= 0.3 is 0 Å². The molecular weight excluding hydrogens is 380 g/mol. The largest absolute Gasteiger partial charge is 0.454 e. The van der Waals surface area contributed by atoms with Crippen LogP contribution in [0.4, 0.5) is 5.69 Å². The smallest absolute Gasteiger partial charge is 0.255 e. The zero-order valence-corrected chi connectivity index (χ0v) is 16.6. The summed E-state index contributed by atoms with van der Waals surface area (Å²) >= 11 is 0. The molecule has 0 radical (unpaired) electrons. The molecule has 1 N–H and O–H groups in total. The number of anilines is 1. The highest BCUT2D eigenvalue weighted by Gasteiger charge is 2.16. The summed E-state index contributed by atoms with van der Waals surface area (Å²) in [6, 6.07) is 18.6. The summed E-state index contributed by atoms with van der Waals surface area (Å²) in [4.78, 5) is 17.2. The van der Waals surface area contributed by atoms with E-state index in [1.807, 2.05) is 30.3 Å². The Morgan fingerprint density at radius 3 is 2.57 bits per heavy atom. The van der Waals surface area contributed by atoms with Gasteiger partial charge in [-0.3, -0.25) is 4.79 Å². The van der Waals surface area contributed by atoms with E-state index in [4.69, 9.17) is 13.9 Å². The molecule has 0 fully saturated rings. The number of ether oxygens (including phenoxy) is 2. The second kappa shape index (κ2) is 7.22. The first kappa shape index (κ1) is 18.2. The number of hydrogen-bond donors (Lipinski definition) is 1. The Hall–Kier alpha value is -3.80. The number of fused-ring (bicyclic) bond motifs is 2. The Morgan fingerprint density at radius 1 is 0.967 bits per heavy atom. The maximum atomic E-state index is 12.5. The Kier molecular flexibility index (Phi) is 4.39. The first-order valence-corrected chi connectivity index (χ1v) is 9.79. The quantitative estimate of drug-likeness (QED) is 0.483. The molecule has 30 heavy (non-hydrogen) atoms. The summed E-state index contributed by atoms with van der Waals surface area (Å²) in [5.41, 5.74) is 4.86. The van der Waals surface area contributed by atoms with Gasteiger partial charge < -0.3 is 19.2 Å². The number of nitrogens with zero attached hydrogens (tertiary/aromatic N) is 1. The molecule has 1 aliphatic rings. The van der Waals surface area contributed by atoms with Crippen LogP contribution in [0, 0.1) is 0 Å². The number of oxazole rings is 1. The van der Waals surface area contributed by atoms with Crippen LogP contribution < -0.4 is 14.8 Å². The van der Waals surface area contributed by atoms with Crippen molar-refractivity contribution in [3.8, 4) is 23.0 Å². The lowest BCUT2D eigenvalue weighted by atomic mass is 10.0. The Labute approximate surface area is 173 Å². The van der Waals surface area contributed by atoms with Crippen LogP contribution in [0.1, 0.15) is 35.7 Å². The van der Waals surface area contributed by atoms with Gasteiger partial charge in [0, 0.05) is 16.8 Å². The zero-order valence-electron chi connectivity index (χ0n) is 16.6. The van der Waals surface area contributed by atoms with E-state index in [1.165, 1.54) is 5.56 Å². The van der Waals surface area contributed by atoms with Crippen molar-refractivity contribution < 1.29 is 18.7 Å². The fourth-order valence-electron chi connectivity index (χ4n) is 3.36. The van der Waals surface area contributed by atoms with E-state index in [9.17, 15) is 4.79 Å². The third kappa shape index (κ3) is 3.37. The fraction of sp³-hybridized carbons (Fsp3) is 0.167. The number of amides is 1. The molecule has 0 bridgehead atoms. The van der Waals surface area contributed by atoms with Crippen LogP contribution in [-0.2, 0) is 0 Å². The Balaban J connectivity index is 1.34. The third-order valence-electron chi connectivity index (χ3n) is 5.10. The number of benzene rings is 3. The van der Waals surface area contributed by atoms with Crippen molar-refractivity contribution in [3.05, 3.63) is 71.8 Å². The maximum absolute atomic E-state index is 12.5. The zero-order chi connectivity index (χ0) is 20.7. The van der Waals surface area contributed by atoms with E-state index < -0.39 is 0 Å². The number of nitrogens with one attached hydrogen (secondary N) is 1. The molecule has 150 valence electrons. The predicted octanol–water partition coefficient (Wildman–Crippen LogP) is 5.60. The van der Waals surface area contributed by atoms with Gasteiger partial charge in [-0.05, 0) is 66.1 Å². The molecule has 0 spiro atoms. The van der Waals surface area contributed by atoms with Crippen molar-refractivity contribution in [1.82, 2.24) is 4.98 Å². The SMILES string of the molecule is CC(C)c1ccc2oc(-c3ccc(NC(=O)c4ccc5c(c4)OCO5)cc3)nc2c1. The molecule has 4 aromatic rings. The number of rotatable bonds is 4. The fourth-order valence-corrected chi connectivity index (χ4v) is 3.36. The Bertz CT molecular complexity index is 1240. The summed E-state index contributed by atoms with van der Waals surface area (Å²) in [7, 11) is 0. The molecule has 0 saturated carbocycles. The minimum atomic E-state index is -0.218. The lowest BCUT2D eigenvalue weighted by Gasteiger charge is -2.06. The topological polar surface area (TPSA) is 73.6 Å². The summed E-state index contributed by atoms with van der Waals surface area (Å²) in [6.45, 7) is 4.48. The van der Waals surface area contributed by atoms with Crippen molar-refractivity contribution in [2.24, 2.45) is 0 Å². The van der Waals surface area contributed by atoms with Crippen LogP contribution in [0.5, 0.6) is 11.5 Å². The lowest BCUT2D eigenvalue weighted by Crippen LogP contribution is -2.11. The predicted molar refractivity (Wildman–Crippen MR) is 114 cm³/mol. The molecule has 3 aromatic carbocycles. The van der Waals surface area contributed by atoms with Crippen LogP contribution in [0.2, 0.25) is 0 Å². The molecule has 0 aliphatic carbocycles. The Morgan fingerprint density at radius 2 is 1.77 bits per heavy atom. The number of aromatic nitrogens is 1. The van der Waals surface area contributed by atoms with E-state index in [0.717, 1.165) is 16.7 Å². The highest BCUT2D eigenvalue weighted by atomic mass is 16.7. The summed E-state index contributed by atoms with van der Waals surface area (Å²) < 4.78 is 16.5. The molecule has 1 aromatic heterocycles. The summed E-state index contributed by atoms with van der Waals surface area (Å²) in [6.07, 6.45) is 0. The lowest BCUT2D eigenvalue weighted by molar-refractivity contribution is 0.102. The summed E-state index contributed by atoms with van der Waals surface area (Å²) in [5.74, 6) is 2.00. The molecule has 6 nitrogen and oxygen atoms in total. The van der Waals surface area contributed by atoms with Gasteiger partial charge in [0.1, 0.15) is 5.52 Å². The molecule has 6 heteroatoms. The first-order chi connectivity index (χ1) is 14.6. The molecule has 2 heterocycles. The van der Waals surface area contributed by atoms with E-state index in [1.54, 1.807) is 18.2 Å². The average molecular weight is 400 g/mol. The van der Waals surface area contributed by atoms with Crippen LogP contribution in [0.3, 0.4) is 0 Å². The van der Waals surface area contributed by atoms with Crippen molar-refractivity contribution in [2.45, 2.75) is 19.8 Å². The second-order valence-corrected chi connectivity index (χ2v) is 7.50. The van der Waals surface area contributed by atoms with Crippen molar-refractivity contribution in [2.75, 3.05) is 12.1 Å². The van der Waals surface area contributed by atoms with Crippen molar-refractivity contribution in [3.63, 3.8) is 0 Å². The molecular formula is C24H20N2O4. The minimum Gasteiger partial charge on any atom is -0.454 e. The number of hydrogen-bond acceptors (Lipinski definition) is 5. The third-order valence-corrected chi connectivity index (χ3v) is 5.10. The van der Waals surface area contributed by atoms with E-state index in [-0.39, 0.29) is 12.7 Å². The second-order valence-electron chi connectivity index (χ2n) is 7.50. The van der Waals surface area contributed by atoms with E-state index in [2.05, 4.69) is 36.3 Å². The van der Waals surface area contributed by atoms with Gasteiger partial charge in [-0.2, -0.15) is 0 Å². The maximum Gasteiger partial charge on any atom is 0.255 e. The van der Waals surface area contributed by atoms with Gasteiger partial charge in [-0.1, -0.05) is 19.9 Å². The summed E-state index contributed by atoms with van der Waals surface area (Å²) in [5, 5.41) is 2.89. The van der Waals surface area contributed by atoms with Crippen LogP contribution >= 0.6 is 0 Å². The number of carbonyl (C=O) groups is 1. The van der Waals surface area contributed by atoms with Gasteiger partial charge in [0.15, 0.2) is 17.1 Å². The molecule has 0 unspecified atom stereocenters. The van der Waals surface area contributed by atoms with E-state index in [0.29, 0.717) is 34.6 Å². The molecule has 1 aliphatic heterocycles. The van der Waals surface area contributed by atoms with Gasteiger partial charge in [-0.15, -0.1) is 0 Å². The van der Waals surface area contributed by atoms with Gasteiger partial charge in [0.05, 0.1) is 0 Å². The van der Waals surface area contributed by atoms with E-state index >= 15 is 0 Å². The molecule has 5 rings (SSSR count). The van der Waals surface area contributed by atoms with Gasteiger partial charge in [-0.25, -0.2) is 4.98 Å². The standard InChI is InChI=1S/C24H20N2O4/c1-14(2)16-5-9-20-19(11-16)26-24(30-20)15-3-7-18(8-4-15)25-23(27)17-6-10-21-22(12-17)29-13-28-21/h3-12,14H,13H2,1-2H3,(H,25,27). The normalized spacial score (nSPS) is 12.5. The molecule has 0 saturated heterocycles. The van der Waals surface area contributed by atoms with Crippen LogP contribution in [-0.4, -0.2) is 17.7 Å².